The molecule has 4 atom stereocenters. The molecule has 0 saturated carbocycles. The Morgan fingerprint density at radius 2 is 2.11 bits per heavy atom. The molecule has 0 spiro atoms. The van der Waals surface area contributed by atoms with Gasteiger partial charge in [0.25, 0.3) is 0 Å². The standard InChI is InChI=1S/C29H27F2N5O2/c1-35-9-8-26(27(37)14-35)36-25-7-2-17(11-24(25)34-29(36)33-16-32)10-23-21-5-3-19(30)12-18(21)15-38-28-13-20(31)4-6-22(23)28/h2-7,10-13,22,26-28,37H,8-9,14-15H2,1H3,(H,33,34)/b23-10+/t22?,26-,27-,28?/m0/s1. The van der Waals surface area contributed by atoms with Crippen LogP contribution in [0.3, 0.4) is 0 Å². The van der Waals surface area contributed by atoms with Crippen molar-refractivity contribution in [3.63, 3.8) is 0 Å². The molecular weight excluding hydrogens is 488 g/mol. The van der Waals surface area contributed by atoms with Gasteiger partial charge in [0.05, 0.1) is 35.9 Å². The molecule has 2 aliphatic heterocycles. The molecule has 3 heterocycles. The third-order valence-corrected chi connectivity index (χ3v) is 7.59. The van der Waals surface area contributed by atoms with Crippen molar-refractivity contribution in [2.75, 3.05) is 25.5 Å². The molecule has 1 fully saturated rings. The summed E-state index contributed by atoms with van der Waals surface area (Å²) in [5.41, 5.74) is 4.78. The van der Waals surface area contributed by atoms with E-state index in [2.05, 4.69) is 15.2 Å². The van der Waals surface area contributed by atoms with E-state index in [9.17, 15) is 19.1 Å². The van der Waals surface area contributed by atoms with E-state index < -0.39 is 12.2 Å². The molecule has 7 nitrogen and oxygen atoms in total. The number of likely N-dealkylation sites (tertiary alicyclic amines) is 1. The van der Waals surface area contributed by atoms with E-state index in [1.54, 1.807) is 12.1 Å². The molecule has 0 amide bonds. The Labute approximate surface area is 219 Å². The zero-order valence-electron chi connectivity index (χ0n) is 20.8. The molecule has 2 N–H and O–H groups in total. The average molecular weight is 516 g/mol. The van der Waals surface area contributed by atoms with Crippen molar-refractivity contribution in [1.82, 2.24) is 14.5 Å². The second-order valence-electron chi connectivity index (χ2n) is 10.1. The molecule has 0 bridgehead atoms. The van der Waals surface area contributed by atoms with Gasteiger partial charge < -0.3 is 19.3 Å². The number of aromatic nitrogens is 2. The van der Waals surface area contributed by atoms with Crippen molar-refractivity contribution in [1.29, 1.82) is 5.26 Å². The number of nitrogens with zero attached hydrogens (tertiary/aromatic N) is 4. The van der Waals surface area contributed by atoms with Crippen LogP contribution in [0.2, 0.25) is 0 Å². The predicted molar refractivity (Wildman–Crippen MR) is 141 cm³/mol. The second-order valence-corrected chi connectivity index (χ2v) is 10.1. The summed E-state index contributed by atoms with van der Waals surface area (Å²) in [5, 5.41) is 22.8. The molecule has 38 heavy (non-hydrogen) atoms. The molecule has 2 aromatic carbocycles. The second kappa shape index (κ2) is 9.80. The Balaban J connectivity index is 1.46. The van der Waals surface area contributed by atoms with Crippen molar-refractivity contribution in [2.45, 2.75) is 31.3 Å². The number of hydrogen-bond acceptors (Lipinski definition) is 6. The Morgan fingerprint density at radius 1 is 1.24 bits per heavy atom. The number of likely N-dealkylation sites (N-methyl/N-ethyl adjacent to an activating group) is 1. The number of ether oxygens (including phenoxy) is 1. The van der Waals surface area contributed by atoms with Gasteiger partial charge in [0.1, 0.15) is 11.6 Å². The maximum Gasteiger partial charge on any atom is 0.217 e. The van der Waals surface area contributed by atoms with Crippen LogP contribution in [-0.2, 0) is 11.3 Å². The number of anilines is 1. The van der Waals surface area contributed by atoms with Crippen LogP contribution in [0.1, 0.15) is 29.2 Å². The van der Waals surface area contributed by atoms with Gasteiger partial charge in [0.2, 0.25) is 5.95 Å². The maximum absolute atomic E-state index is 14.1. The number of fused-ring (bicyclic) bond motifs is 3. The van der Waals surface area contributed by atoms with E-state index in [4.69, 9.17) is 4.74 Å². The Bertz CT molecular complexity index is 1540. The summed E-state index contributed by atoms with van der Waals surface area (Å²) >= 11 is 0. The molecule has 1 saturated heterocycles. The fourth-order valence-corrected chi connectivity index (χ4v) is 5.79. The summed E-state index contributed by atoms with van der Waals surface area (Å²) < 4.78 is 36.0. The molecule has 2 unspecified atom stereocenters. The molecule has 3 aliphatic rings. The molecule has 0 radical (unpaired) electrons. The number of imidazole rings is 1. The highest BCUT2D eigenvalue weighted by molar-refractivity contribution is 5.89. The van der Waals surface area contributed by atoms with Gasteiger partial charge in [-0.1, -0.05) is 24.3 Å². The number of hydrogen-bond donors (Lipinski definition) is 2. The van der Waals surface area contributed by atoms with Crippen molar-refractivity contribution in [3.05, 3.63) is 83.0 Å². The van der Waals surface area contributed by atoms with Gasteiger partial charge in [0.15, 0.2) is 6.19 Å². The summed E-state index contributed by atoms with van der Waals surface area (Å²) in [6.45, 7) is 1.53. The first-order chi connectivity index (χ1) is 18.4. The van der Waals surface area contributed by atoms with Crippen LogP contribution in [0.4, 0.5) is 14.7 Å². The van der Waals surface area contributed by atoms with Crippen molar-refractivity contribution >= 4 is 28.6 Å². The van der Waals surface area contributed by atoms with E-state index in [-0.39, 0.29) is 30.2 Å². The number of piperidine rings is 1. The fraction of sp³-hybridized carbons (Fsp3) is 0.310. The number of nitrogens with one attached hydrogen (secondary N) is 1. The first-order valence-electron chi connectivity index (χ1n) is 12.6. The molecule has 9 heteroatoms. The molecule has 1 aliphatic carbocycles. The summed E-state index contributed by atoms with van der Waals surface area (Å²) in [6, 6.07) is 10.2. The lowest BCUT2D eigenvalue weighted by Gasteiger charge is -2.35. The molecule has 6 rings (SSSR count). The highest BCUT2D eigenvalue weighted by Crippen LogP contribution is 2.40. The predicted octanol–water partition coefficient (Wildman–Crippen LogP) is 4.78. The minimum atomic E-state index is -0.599. The van der Waals surface area contributed by atoms with E-state index in [1.165, 1.54) is 24.3 Å². The van der Waals surface area contributed by atoms with Crippen molar-refractivity contribution < 1.29 is 18.6 Å². The zero-order chi connectivity index (χ0) is 26.4. The normalized spacial score (nSPS) is 26.4. The van der Waals surface area contributed by atoms with Crippen LogP contribution < -0.4 is 5.32 Å². The molecule has 194 valence electrons. The number of β-amino-alcohol motifs (C(OH)–C–C–N with tert-alkyl or cyclic N) is 1. The first kappa shape index (κ1) is 24.5. The number of aliphatic hydroxyl groups excluding tert-OH is 1. The zero-order valence-corrected chi connectivity index (χ0v) is 20.8. The van der Waals surface area contributed by atoms with Crippen LogP contribution in [0.25, 0.3) is 22.7 Å². The van der Waals surface area contributed by atoms with Crippen LogP contribution >= 0.6 is 0 Å². The first-order valence-corrected chi connectivity index (χ1v) is 12.6. The van der Waals surface area contributed by atoms with E-state index in [1.807, 2.05) is 42.1 Å². The molecule has 1 aromatic heterocycles. The number of halogens is 2. The van der Waals surface area contributed by atoms with Gasteiger partial charge >= 0.3 is 0 Å². The van der Waals surface area contributed by atoms with E-state index in [0.717, 1.165) is 35.2 Å². The Kier molecular flexibility index (Phi) is 6.32. The third-order valence-electron chi connectivity index (χ3n) is 7.59. The van der Waals surface area contributed by atoms with Crippen molar-refractivity contribution in [3.8, 4) is 6.19 Å². The monoisotopic (exact) mass is 515 g/mol. The topological polar surface area (TPSA) is 86.3 Å². The Morgan fingerprint density at radius 3 is 2.92 bits per heavy atom. The van der Waals surface area contributed by atoms with Gasteiger partial charge in [-0.2, -0.15) is 5.26 Å². The van der Waals surface area contributed by atoms with Gasteiger partial charge in [-0.25, -0.2) is 13.8 Å². The minimum Gasteiger partial charge on any atom is -0.390 e. The summed E-state index contributed by atoms with van der Waals surface area (Å²) in [4.78, 5) is 6.76. The third kappa shape index (κ3) is 4.41. The van der Waals surface area contributed by atoms with Crippen LogP contribution in [-0.4, -0.2) is 51.9 Å². The lowest BCUT2D eigenvalue weighted by molar-refractivity contribution is 0.0403. The largest absolute Gasteiger partial charge is 0.390 e. The van der Waals surface area contributed by atoms with Crippen molar-refractivity contribution in [2.24, 2.45) is 5.92 Å². The Hall–Kier alpha value is -3.84. The molecule has 3 aromatic rings. The van der Waals surface area contributed by atoms with Gasteiger partial charge in [-0.3, -0.25) is 5.32 Å². The fourth-order valence-electron chi connectivity index (χ4n) is 5.79. The summed E-state index contributed by atoms with van der Waals surface area (Å²) in [6.07, 6.45) is 8.26. The molecular formula is C29H27F2N5O2. The maximum atomic E-state index is 14.1. The van der Waals surface area contributed by atoms with Crippen LogP contribution in [0.5, 0.6) is 0 Å². The minimum absolute atomic E-state index is 0.175. The summed E-state index contributed by atoms with van der Waals surface area (Å²) in [7, 11) is 1.97. The van der Waals surface area contributed by atoms with Gasteiger partial charge in [-0.05, 0) is 72.1 Å². The lowest BCUT2D eigenvalue weighted by Crippen LogP contribution is -2.42. The number of rotatable bonds is 3. The smallest absolute Gasteiger partial charge is 0.217 e. The SMILES string of the molecule is CN1CC[C@H](n2c(NC#N)nc3cc(/C=C4\c5ccc(F)cc5COC5C=C(F)C=CC45)ccc32)[C@@H](O)C1. The van der Waals surface area contributed by atoms with Crippen LogP contribution in [0, 0.1) is 23.2 Å². The van der Waals surface area contributed by atoms with Crippen LogP contribution in [0.15, 0.2) is 60.5 Å². The van der Waals surface area contributed by atoms with E-state index >= 15 is 0 Å². The van der Waals surface area contributed by atoms with E-state index in [0.29, 0.717) is 23.6 Å². The number of benzene rings is 2. The number of aliphatic hydroxyl groups is 1. The number of nitriles is 1. The quantitative estimate of drug-likeness (QED) is 0.386. The van der Waals surface area contributed by atoms with Gasteiger partial charge in [-0.15, -0.1) is 0 Å². The highest BCUT2D eigenvalue weighted by Gasteiger charge is 2.32. The summed E-state index contributed by atoms with van der Waals surface area (Å²) in [5.74, 6) is -0.571. The lowest BCUT2D eigenvalue weighted by atomic mass is 9.83. The highest BCUT2D eigenvalue weighted by atomic mass is 19.1. The average Bonchev–Trinajstić information content (AvgIpc) is 3.16. The van der Waals surface area contributed by atoms with Gasteiger partial charge in [0, 0.05) is 19.0 Å². The number of allylic oxidation sites excluding steroid dienone is 2.